The molecule has 1 unspecified atom stereocenters. The molecule has 2 aliphatic heterocycles. The number of nitrogens with zero attached hydrogens (tertiary/aromatic N) is 5. The highest BCUT2D eigenvalue weighted by Gasteiger charge is 2.37. The maximum absolute atomic E-state index is 13.6. The van der Waals surface area contributed by atoms with Crippen LogP contribution in [0.25, 0.3) is 0 Å². The Labute approximate surface area is 202 Å². The summed E-state index contributed by atoms with van der Waals surface area (Å²) in [5.74, 6) is 0.430. The van der Waals surface area contributed by atoms with E-state index >= 15 is 0 Å². The van der Waals surface area contributed by atoms with Crippen LogP contribution in [0.4, 0.5) is 24.9 Å². The summed E-state index contributed by atoms with van der Waals surface area (Å²) in [5, 5.41) is 3.14. The van der Waals surface area contributed by atoms with Crippen molar-refractivity contribution in [3.63, 3.8) is 0 Å². The van der Waals surface area contributed by atoms with E-state index in [1.807, 2.05) is 18.7 Å². The molecule has 0 aliphatic carbocycles. The molecule has 0 radical (unpaired) electrons. The van der Waals surface area contributed by atoms with Crippen LogP contribution >= 0.6 is 0 Å². The highest BCUT2D eigenvalue weighted by molar-refractivity contribution is 5.98. The number of hydrogen-bond donors (Lipinski definition) is 1. The van der Waals surface area contributed by atoms with Crippen LogP contribution in [-0.4, -0.2) is 63.8 Å². The molecule has 2 amide bonds. The number of amides is 2. The smallest absolute Gasteiger partial charge is 0.363 e. The van der Waals surface area contributed by atoms with Gasteiger partial charge in [0.1, 0.15) is 11.5 Å². The Morgan fingerprint density at radius 2 is 1.71 bits per heavy atom. The first-order valence-electron chi connectivity index (χ1n) is 11.6. The Balaban J connectivity index is 1.70. The third kappa shape index (κ3) is 4.89. The number of hydrogen-bond acceptors (Lipinski definition) is 6. The minimum atomic E-state index is -4.49. The lowest BCUT2D eigenvalue weighted by Gasteiger charge is -2.34. The van der Waals surface area contributed by atoms with Crippen molar-refractivity contribution in [2.45, 2.75) is 52.5 Å². The molecule has 1 saturated heterocycles. The van der Waals surface area contributed by atoms with E-state index in [1.54, 1.807) is 22.8 Å². The first kappa shape index (κ1) is 24.7. The number of benzene rings is 1. The Morgan fingerprint density at radius 3 is 2.31 bits per heavy atom. The van der Waals surface area contributed by atoms with Gasteiger partial charge >= 0.3 is 6.18 Å². The van der Waals surface area contributed by atoms with Crippen LogP contribution in [-0.2, 0) is 17.5 Å². The van der Waals surface area contributed by atoms with Crippen molar-refractivity contribution in [2.24, 2.45) is 0 Å². The maximum atomic E-state index is 13.6. The van der Waals surface area contributed by atoms with Gasteiger partial charge in [0.05, 0.1) is 18.2 Å². The first-order chi connectivity index (χ1) is 16.5. The van der Waals surface area contributed by atoms with Gasteiger partial charge in [-0.1, -0.05) is 18.2 Å². The fourth-order valence-corrected chi connectivity index (χ4v) is 4.49. The molecule has 0 spiro atoms. The molecule has 4 rings (SSSR count). The van der Waals surface area contributed by atoms with Gasteiger partial charge in [0.2, 0.25) is 11.9 Å². The average Bonchev–Trinajstić information content (AvgIpc) is 3.15. The molecular formula is C24H29F3N6O2. The summed E-state index contributed by atoms with van der Waals surface area (Å²) < 4.78 is 40.8. The van der Waals surface area contributed by atoms with Crippen molar-refractivity contribution in [3.05, 3.63) is 46.6 Å². The minimum absolute atomic E-state index is 0.0122. The van der Waals surface area contributed by atoms with Gasteiger partial charge in [0.15, 0.2) is 0 Å². The number of aromatic nitrogens is 2. The molecular weight excluding hydrogens is 461 g/mol. The highest BCUT2D eigenvalue weighted by atomic mass is 19.4. The van der Waals surface area contributed by atoms with Crippen molar-refractivity contribution in [1.29, 1.82) is 0 Å². The minimum Gasteiger partial charge on any atom is -0.363 e. The predicted molar refractivity (Wildman–Crippen MR) is 125 cm³/mol. The lowest BCUT2D eigenvalue weighted by Crippen LogP contribution is -2.48. The summed E-state index contributed by atoms with van der Waals surface area (Å²) in [6, 6.07) is 4.63. The van der Waals surface area contributed by atoms with Gasteiger partial charge < -0.3 is 20.0 Å². The molecule has 0 saturated carbocycles. The van der Waals surface area contributed by atoms with Crippen LogP contribution in [0.15, 0.2) is 24.3 Å². The van der Waals surface area contributed by atoms with E-state index in [4.69, 9.17) is 0 Å². The monoisotopic (exact) mass is 490 g/mol. The second-order valence-corrected chi connectivity index (χ2v) is 9.17. The van der Waals surface area contributed by atoms with E-state index < -0.39 is 17.8 Å². The Morgan fingerprint density at radius 1 is 1.06 bits per heavy atom. The number of piperazine rings is 1. The number of fused-ring (bicyclic) bond motifs is 1. The molecule has 1 fully saturated rings. The van der Waals surface area contributed by atoms with Gasteiger partial charge in [-0.25, -0.2) is 4.98 Å². The fourth-order valence-electron chi connectivity index (χ4n) is 4.49. The van der Waals surface area contributed by atoms with Crippen molar-refractivity contribution < 1.29 is 22.8 Å². The van der Waals surface area contributed by atoms with Crippen LogP contribution in [0.2, 0.25) is 0 Å². The Hall–Kier alpha value is -3.37. The number of carbonyl (C=O) groups is 2. The van der Waals surface area contributed by atoms with Gasteiger partial charge in [-0.15, -0.1) is 0 Å². The van der Waals surface area contributed by atoms with Crippen molar-refractivity contribution in [2.75, 3.05) is 36.4 Å². The largest absolute Gasteiger partial charge is 0.416 e. The van der Waals surface area contributed by atoms with Crippen molar-refractivity contribution in [1.82, 2.24) is 19.8 Å². The number of halogens is 3. The molecule has 11 heteroatoms. The quantitative estimate of drug-likeness (QED) is 0.689. The van der Waals surface area contributed by atoms with Gasteiger partial charge in [-0.2, -0.15) is 18.2 Å². The topological polar surface area (TPSA) is 81.7 Å². The molecule has 1 aromatic carbocycles. The molecule has 1 atom stereocenters. The molecule has 2 aliphatic rings. The van der Waals surface area contributed by atoms with Crippen molar-refractivity contribution in [3.8, 4) is 0 Å². The summed E-state index contributed by atoms with van der Waals surface area (Å²) in [4.78, 5) is 39.3. The number of alkyl halides is 3. The second kappa shape index (κ2) is 9.35. The summed E-state index contributed by atoms with van der Waals surface area (Å²) in [6.45, 7) is 9.21. The SMILES string of the molecule is CC(=O)N1CCN(c2nc(NC(C)c3ccccc3C(F)(F)F)c3c(n2)C(=O)N(C(C)C)C3)CC1. The molecule has 1 aromatic heterocycles. The summed E-state index contributed by atoms with van der Waals surface area (Å²) in [5.41, 5.74) is 0.211. The van der Waals surface area contributed by atoms with E-state index in [2.05, 4.69) is 15.3 Å². The highest BCUT2D eigenvalue weighted by Crippen LogP contribution is 2.37. The predicted octanol–water partition coefficient (Wildman–Crippen LogP) is 3.70. The summed E-state index contributed by atoms with van der Waals surface area (Å²) >= 11 is 0. The molecule has 8 nitrogen and oxygen atoms in total. The first-order valence-corrected chi connectivity index (χ1v) is 11.6. The number of anilines is 2. The summed E-state index contributed by atoms with van der Waals surface area (Å²) in [6.07, 6.45) is -4.49. The van der Waals surface area contributed by atoms with Crippen LogP contribution in [0.1, 0.15) is 60.9 Å². The van der Waals surface area contributed by atoms with Crippen LogP contribution in [0, 0.1) is 0 Å². The Bertz CT molecular complexity index is 1130. The molecule has 2 aromatic rings. The molecule has 188 valence electrons. The van der Waals surface area contributed by atoms with Crippen LogP contribution < -0.4 is 10.2 Å². The van der Waals surface area contributed by atoms with Crippen LogP contribution in [0.5, 0.6) is 0 Å². The Kier molecular flexibility index (Phi) is 6.61. The van der Waals surface area contributed by atoms with Crippen LogP contribution in [0.3, 0.4) is 0 Å². The maximum Gasteiger partial charge on any atom is 0.416 e. The molecule has 1 N–H and O–H groups in total. The second-order valence-electron chi connectivity index (χ2n) is 9.17. The van der Waals surface area contributed by atoms with E-state index in [9.17, 15) is 22.8 Å². The zero-order chi connectivity index (χ0) is 25.5. The molecule has 0 bridgehead atoms. The number of nitrogens with one attached hydrogen (secondary N) is 1. The summed E-state index contributed by atoms with van der Waals surface area (Å²) in [7, 11) is 0. The van der Waals surface area contributed by atoms with Gasteiger partial charge in [0.25, 0.3) is 5.91 Å². The third-order valence-electron chi connectivity index (χ3n) is 6.50. The lowest BCUT2D eigenvalue weighted by atomic mass is 10.0. The third-order valence-corrected chi connectivity index (χ3v) is 6.50. The average molecular weight is 491 g/mol. The van der Waals surface area contributed by atoms with E-state index in [0.717, 1.165) is 6.07 Å². The standard InChI is InChI=1S/C24H29F3N6O2/c1-14(2)33-13-18-20(22(33)35)29-23(32-11-9-31(10-12-32)16(4)34)30-21(18)28-15(3)17-7-5-6-8-19(17)24(25,26)27/h5-8,14-15H,9-13H2,1-4H3,(H,28,29,30). The lowest BCUT2D eigenvalue weighted by molar-refractivity contribution is -0.138. The number of carbonyl (C=O) groups excluding carboxylic acids is 2. The molecule has 35 heavy (non-hydrogen) atoms. The number of rotatable bonds is 5. The van der Waals surface area contributed by atoms with Gasteiger partial charge in [-0.3, -0.25) is 9.59 Å². The normalized spacial score (nSPS) is 17.1. The van der Waals surface area contributed by atoms with E-state index in [0.29, 0.717) is 43.5 Å². The van der Waals surface area contributed by atoms with Gasteiger partial charge in [0, 0.05) is 44.7 Å². The fraction of sp³-hybridized carbons (Fsp3) is 0.500. The zero-order valence-electron chi connectivity index (χ0n) is 20.2. The van der Waals surface area contributed by atoms with E-state index in [-0.39, 0.29) is 35.7 Å². The van der Waals surface area contributed by atoms with E-state index in [1.165, 1.54) is 19.1 Å². The zero-order valence-corrected chi connectivity index (χ0v) is 20.2. The van der Waals surface area contributed by atoms with Crippen molar-refractivity contribution >= 4 is 23.6 Å². The molecule has 3 heterocycles. The van der Waals surface area contributed by atoms with Gasteiger partial charge in [-0.05, 0) is 32.4 Å².